The zero-order valence-corrected chi connectivity index (χ0v) is 9.13. The van der Waals surface area contributed by atoms with Crippen LogP contribution in [0.3, 0.4) is 0 Å². The highest BCUT2D eigenvalue weighted by Gasteiger charge is 2.08. The number of rotatable bonds is 2. The summed E-state index contributed by atoms with van der Waals surface area (Å²) in [6.07, 6.45) is 0. The topological polar surface area (TPSA) is 64.9 Å². The summed E-state index contributed by atoms with van der Waals surface area (Å²) in [5.74, 6) is 0.585. The maximum atomic E-state index is 5.64. The number of nitrogens with zero attached hydrogens (tertiary/aromatic N) is 2. The highest BCUT2D eigenvalue weighted by molar-refractivity contribution is 5.72. The van der Waals surface area contributed by atoms with Gasteiger partial charge >= 0.3 is 0 Å². The van der Waals surface area contributed by atoms with Crippen molar-refractivity contribution >= 4 is 11.2 Å². The van der Waals surface area contributed by atoms with Crippen molar-refractivity contribution in [3.63, 3.8) is 0 Å². The van der Waals surface area contributed by atoms with Crippen molar-refractivity contribution in [2.24, 2.45) is 5.73 Å². The fourth-order valence-electron chi connectivity index (χ4n) is 1.68. The van der Waals surface area contributed by atoms with Crippen LogP contribution in [0.15, 0.2) is 46.9 Å². The number of oxazole rings is 1. The summed E-state index contributed by atoms with van der Waals surface area (Å²) in [4.78, 5) is 8.67. The molecule has 0 atom stereocenters. The van der Waals surface area contributed by atoms with Crippen molar-refractivity contribution in [3.05, 3.63) is 48.2 Å². The second kappa shape index (κ2) is 3.99. The number of hydrogen-bond donors (Lipinski definition) is 1. The third kappa shape index (κ3) is 1.79. The first kappa shape index (κ1) is 9.99. The first-order chi connectivity index (χ1) is 8.36. The van der Waals surface area contributed by atoms with E-state index in [9.17, 15) is 0 Å². The quantitative estimate of drug-likeness (QED) is 0.727. The highest BCUT2D eigenvalue weighted by Crippen LogP contribution is 2.22. The van der Waals surface area contributed by atoms with Gasteiger partial charge in [-0.3, -0.25) is 0 Å². The molecule has 0 saturated carbocycles. The van der Waals surface area contributed by atoms with Crippen LogP contribution in [-0.4, -0.2) is 9.97 Å². The first-order valence-corrected chi connectivity index (χ1v) is 5.39. The Morgan fingerprint density at radius 2 is 1.82 bits per heavy atom. The average molecular weight is 225 g/mol. The molecule has 1 aromatic carbocycles. The molecule has 3 rings (SSSR count). The molecule has 4 nitrogen and oxygen atoms in total. The van der Waals surface area contributed by atoms with Gasteiger partial charge in [-0.1, -0.05) is 18.2 Å². The van der Waals surface area contributed by atoms with E-state index < -0.39 is 0 Å². The van der Waals surface area contributed by atoms with Gasteiger partial charge in [-0.2, -0.15) is 4.98 Å². The third-order valence-electron chi connectivity index (χ3n) is 2.54. The molecule has 84 valence electrons. The Bertz CT molecular complexity index is 646. The minimum Gasteiger partial charge on any atom is -0.434 e. The SMILES string of the molecule is NCc1ccc2oc(-c3ccccc3)nc2n1. The van der Waals surface area contributed by atoms with E-state index in [1.54, 1.807) is 0 Å². The molecule has 0 radical (unpaired) electrons. The van der Waals surface area contributed by atoms with Crippen molar-refractivity contribution in [1.29, 1.82) is 0 Å². The maximum Gasteiger partial charge on any atom is 0.228 e. The van der Waals surface area contributed by atoms with Gasteiger partial charge in [0.15, 0.2) is 11.2 Å². The van der Waals surface area contributed by atoms with E-state index in [2.05, 4.69) is 9.97 Å². The second-order valence-electron chi connectivity index (χ2n) is 3.71. The molecule has 0 amide bonds. The number of nitrogens with two attached hydrogens (primary N) is 1. The van der Waals surface area contributed by atoms with Crippen LogP contribution < -0.4 is 5.73 Å². The van der Waals surface area contributed by atoms with Gasteiger partial charge in [0.2, 0.25) is 5.89 Å². The minimum atomic E-state index is 0.406. The first-order valence-electron chi connectivity index (χ1n) is 5.39. The molecule has 0 aliphatic heterocycles. The van der Waals surface area contributed by atoms with E-state index in [1.165, 1.54) is 0 Å². The lowest BCUT2D eigenvalue weighted by molar-refractivity contribution is 0.619. The average Bonchev–Trinajstić information content (AvgIpc) is 2.82. The summed E-state index contributed by atoms with van der Waals surface area (Å²) in [6.45, 7) is 0.406. The lowest BCUT2D eigenvalue weighted by Crippen LogP contribution is -1.98. The zero-order chi connectivity index (χ0) is 11.7. The van der Waals surface area contributed by atoms with Crippen LogP contribution in [0.5, 0.6) is 0 Å². The van der Waals surface area contributed by atoms with Crippen LogP contribution in [0.2, 0.25) is 0 Å². The van der Waals surface area contributed by atoms with Crippen LogP contribution in [0.1, 0.15) is 5.69 Å². The van der Waals surface area contributed by atoms with Crippen molar-refractivity contribution in [2.45, 2.75) is 6.54 Å². The number of benzene rings is 1. The second-order valence-corrected chi connectivity index (χ2v) is 3.71. The monoisotopic (exact) mass is 225 g/mol. The molecule has 0 saturated heterocycles. The van der Waals surface area contributed by atoms with Gasteiger partial charge in [-0.15, -0.1) is 0 Å². The smallest absolute Gasteiger partial charge is 0.228 e. The number of pyridine rings is 1. The molecule has 4 heteroatoms. The highest BCUT2D eigenvalue weighted by atomic mass is 16.3. The Labute approximate surface area is 98.1 Å². The Morgan fingerprint density at radius 3 is 2.59 bits per heavy atom. The molecule has 2 aromatic heterocycles. The van der Waals surface area contributed by atoms with E-state index >= 15 is 0 Å². The van der Waals surface area contributed by atoms with Crippen LogP contribution in [-0.2, 0) is 6.54 Å². The Hall–Kier alpha value is -2.20. The molecule has 0 spiro atoms. The molecule has 17 heavy (non-hydrogen) atoms. The summed E-state index contributed by atoms with van der Waals surface area (Å²) in [5.41, 5.74) is 8.58. The predicted octanol–water partition coefficient (Wildman–Crippen LogP) is 2.35. The van der Waals surface area contributed by atoms with Crippen LogP contribution in [0.25, 0.3) is 22.7 Å². The fourth-order valence-corrected chi connectivity index (χ4v) is 1.68. The molecular weight excluding hydrogens is 214 g/mol. The maximum absolute atomic E-state index is 5.64. The van der Waals surface area contributed by atoms with E-state index in [0.717, 1.165) is 11.3 Å². The minimum absolute atomic E-state index is 0.406. The lowest BCUT2D eigenvalue weighted by atomic mass is 10.2. The zero-order valence-electron chi connectivity index (χ0n) is 9.13. The van der Waals surface area contributed by atoms with Crippen molar-refractivity contribution < 1.29 is 4.42 Å². The van der Waals surface area contributed by atoms with Gasteiger partial charge in [0, 0.05) is 12.1 Å². The number of hydrogen-bond acceptors (Lipinski definition) is 4. The van der Waals surface area contributed by atoms with Gasteiger partial charge in [-0.25, -0.2) is 4.98 Å². The van der Waals surface area contributed by atoms with Gasteiger partial charge in [0.05, 0.1) is 5.69 Å². The molecule has 0 fully saturated rings. The molecule has 2 heterocycles. The van der Waals surface area contributed by atoms with E-state index in [4.69, 9.17) is 10.2 Å². The largest absolute Gasteiger partial charge is 0.434 e. The molecular formula is C13H11N3O. The van der Waals surface area contributed by atoms with Crippen LogP contribution >= 0.6 is 0 Å². The summed E-state index contributed by atoms with van der Waals surface area (Å²) in [5, 5.41) is 0. The standard InChI is InChI=1S/C13H11N3O/c14-8-10-6-7-11-12(15-10)16-13(17-11)9-4-2-1-3-5-9/h1-7H,8,14H2. The molecule has 2 N–H and O–H groups in total. The lowest BCUT2D eigenvalue weighted by Gasteiger charge is -1.91. The van der Waals surface area contributed by atoms with E-state index in [1.807, 2.05) is 42.5 Å². The van der Waals surface area contributed by atoms with Crippen LogP contribution in [0.4, 0.5) is 0 Å². The molecule has 0 unspecified atom stereocenters. The summed E-state index contributed by atoms with van der Waals surface area (Å²) in [7, 11) is 0. The summed E-state index contributed by atoms with van der Waals surface area (Å²) in [6, 6.07) is 13.5. The van der Waals surface area contributed by atoms with Crippen LogP contribution in [0, 0.1) is 0 Å². The van der Waals surface area contributed by atoms with E-state index in [-0.39, 0.29) is 0 Å². The van der Waals surface area contributed by atoms with Crippen molar-refractivity contribution in [1.82, 2.24) is 9.97 Å². The molecule has 0 aliphatic carbocycles. The summed E-state index contributed by atoms with van der Waals surface area (Å²) >= 11 is 0. The normalized spacial score (nSPS) is 10.9. The Kier molecular flexibility index (Phi) is 2.34. The molecule has 0 bridgehead atoms. The third-order valence-corrected chi connectivity index (χ3v) is 2.54. The van der Waals surface area contributed by atoms with Gasteiger partial charge in [0.25, 0.3) is 0 Å². The fraction of sp³-hybridized carbons (Fsp3) is 0.0769. The molecule has 0 aliphatic rings. The summed E-state index contributed by atoms with van der Waals surface area (Å²) < 4.78 is 5.64. The van der Waals surface area contributed by atoms with Gasteiger partial charge in [-0.05, 0) is 24.3 Å². The Morgan fingerprint density at radius 1 is 1.00 bits per heavy atom. The number of aromatic nitrogens is 2. The predicted molar refractivity (Wildman–Crippen MR) is 65.1 cm³/mol. The molecule has 3 aromatic rings. The van der Waals surface area contributed by atoms with Gasteiger partial charge in [0.1, 0.15) is 0 Å². The van der Waals surface area contributed by atoms with Crippen molar-refractivity contribution in [3.8, 4) is 11.5 Å². The van der Waals surface area contributed by atoms with E-state index in [0.29, 0.717) is 23.7 Å². The Balaban J connectivity index is 2.14. The van der Waals surface area contributed by atoms with Gasteiger partial charge < -0.3 is 10.2 Å². The van der Waals surface area contributed by atoms with Crippen molar-refractivity contribution in [2.75, 3.05) is 0 Å². The number of fused-ring (bicyclic) bond motifs is 1.